The van der Waals surface area contributed by atoms with Crippen molar-refractivity contribution in [3.63, 3.8) is 0 Å². The Kier molecular flexibility index (Phi) is 11.8. The maximum absolute atomic E-state index is 13.0. The Morgan fingerprint density at radius 1 is 0.681 bits per heavy atom. The molecule has 4 aromatic rings. The van der Waals surface area contributed by atoms with Crippen LogP contribution in [-0.4, -0.2) is 86.3 Å². The number of nitrogens with zero attached hydrogens (tertiary/aromatic N) is 6. The number of carbonyl (C=O) groups excluding carboxylic acids is 2. The zero-order chi connectivity index (χ0) is 59.7. The Bertz CT molecular complexity index is 3320. The molecule has 0 spiro atoms. The van der Waals surface area contributed by atoms with Crippen LogP contribution in [0.4, 0.5) is 11.4 Å². The number of aromatic amines is 2. The molecule has 6 unspecified atom stereocenters. The standard InChI is InChI=1S/2C27H33N5O4/c2*1-25(2)10-8-16(9-11-25)21-20(32-23(33)22-29-15-18(14-28)30-22)7-6-19(31-21)17-12-26(3,4)36-27(5,13-17)24(34)35/h2*6-8,15,17H,9-13H2,1-5H3,(H,29,30)(H,32,33)(H,34,35)/i8D,9D2,11D;8D,9D2,10D. The van der Waals surface area contributed by atoms with Gasteiger partial charge in [-0.2, -0.15) is 10.5 Å². The van der Waals surface area contributed by atoms with E-state index in [0.29, 0.717) is 24.2 Å². The van der Waals surface area contributed by atoms with E-state index in [-0.39, 0.29) is 107 Å². The number of anilines is 2. The summed E-state index contributed by atoms with van der Waals surface area (Å²) in [5.74, 6) is -4.66. The summed E-state index contributed by atoms with van der Waals surface area (Å²) in [6.07, 6.45) is -3.00. The van der Waals surface area contributed by atoms with Crippen molar-refractivity contribution < 1.29 is 49.8 Å². The number of nitrogens with one attached hydrogen (secondary N) is 4. The second-order valence-corrected chi connectivity index (χ2v) is 21.7. The number of rotatable bonds is 10. The van der Waals surface area contributed by atoms with E-state index in [0.717, 1.165) is 0 Å². The summed E-state index contributed by atoms with van der Waals surface area (Å²) in [6, 6.07) is 9.80. The molecule has 8 rings (SSSR count). The van der Waals surface area contributed by atoms with Gasteiger partial charge in [0.25, 0.3) is 11.8 Å². The molecule has 18 nitrogen and oxygen atoms in total. The van der Waals surface area contributed by atoms with Crippen LogP contribution >= 0.6 is 0 Å². The number of allylic oxidation sites excluding steroid dienone is 4. The monoisotopic (exact) mass is 991 g/mol. The van der Waals surface area contributed by atoms with Gasteiger partial charge in [-0.1, -0.05) is 39.8 Å². The summed E-state index contributed by atoms with van der Waals surface area (Å²) in [5, 5.41) is 43.2. The van der Waals surface area contributed by atoms with Crippen LogP contribution in [0.5, 0.6) is 0 Å². The van der Waals surface area contributed by atoms with Crippen LogP contribution in [0, 0.1) is 33.5 Å². The van der Waals surface area contributed by atoms with Crippen molar-refractivity contribution in [2.45, 2.75) is 168 Å². The highest BCUT2D eigenvalue weighted by Gasteiger charge is 2.49. The first kappa shape index (κ1) is 42.6. The summed E-state index contributed by atoms with van der Waals surface area (Å²) in [5.41, 5.74) is -5.08. The number of ether oxygens (including phenoxy) is 2. The number of imidazole rings is 2. The smallest absolute Gasteiger partial charge is 0.335 e. The van der Waals surface area contributed by atoms with Crippen molar-refractivity contribution in [1.82, 2.24) is 29.9 Å². The first-order valence-electron chi connectivity index (χ1n) is 27.6. The molecular formula is C54H66N10O8. The van der Waals surface area contributed by atoms with Gasteiger partial charge >= 0.3 is 11.9 Å². The molecule has 6 atom stereocenters. The average Bonchev–Trinajstić information content (AvgIpc) is 4.12. The zero-order valence-electron chi connectivity index (χ0n) is 50.0. The number of carboxylic acid groups (broad SMARTS) is 2. The van der Waals surface area contributed by atoms with Crippen molar-refractivity contribution in [3.05, 3.63) is 94.6 Å². The first-order chi connectivity index (χ1) is 36.8. The van der Waals surface area contributed by atoms with E-state index in [9.17, 15) is 29.4 Å². The third-order valence-corrected chi connectivity index (χ3v) is 12.8. The van der Waals surface area contributed by atoms with Crippen LogP contribution in [-0.2, 0) is 19.1 Å². The van der Waals surface area contributed by atoms with E-state index < -0.39 is 82.5 Å². The number of aliphatic carboxylic acids is 2. The molecule has 0 saturated carbocycles. The van der Waals surface area contributed by atoms with Gasteiger partial charge in [-0.3, -0.25) is 19.6 Å². The van der Waals surface area contributed by atoms with E-state index in [1.807, 2.05) is 12.1 Å². The van der Waals surface area contributed by atoms with Crippen molar-refractivity contribution in [2.75, 3.05) is 10.6 Å². The van der Waals surface area contributed by atoms with Crippen LogP contribution in [0.1, 0.15) is 212 Å². The Morgan fingerprint density at radius 2 is 1.12 bits per heavy atom. The molecule has 6 heterocycles. The molecule has 380 valence electrons. The van der Waals surface area contributed by atoms with E-state index >= 15 is 0 Å². The molecule has 6 N–H and O–H groups in total. The number of pyridine rings is 2. The highest BCUT2D eigenvalue weighted by atomic mass is 16.6. The van der Waals surface area contributed by atoms with E-state index in [2.05, 4.69) is 30.6 Å². The van der Waals surface area contributed by atoms with Gasteiger partial charge in [-0.05, 0) is 152 Å². The van der Waals surface area contributed by atoms with Gasteiger partial charge in [0.15, 0.2) is 22.9 Å². The second-order valence-electron chi connectivity index (χ2n) is 21.7. The number of nitriles is 2. The Hall–Kier alpha value is -7.02. The molecule has 2 amide bonds. The van der Waals surface area contributed by atoms with Crippen molar-refractivity contribution in [3.8, 4) is 12.1 Å². The maximum Gasteiger partial charge on any atom is 0.335 e. The lowest BCUT2D eigenvalue weighted by molar-refractivity contribution is -0.200. The minimum atomic E-state index is -2.28. The largest absolute Gasteiger partial charge is 0.479 e. The van der Waals surface area contributed by atoms with Gasteiger partial charge in [0.05, 0.1) is 49.1 Å². The van der Waals surface area contributed by atoms with Crippen LogP contribution in [0.3, 0.4) is 0 Å². The molecule has 0 bridgehead atoms. The lowest BCUT2D eigenvalue weighted by atomic mass is 9.77. The molecule has 0 radical (unpaired) electrons. The number of carbonyl (C=O) groups is 4. The molecule has 18 heteroatoms. The molecular weight excluding hydrogens is 917 g/mol. The van der Waals surface area contributed by atoms with Gasteiger partial charge in [0.2, 0.25) is 0 Å². The third kappa shape index (κ3) is 12.2. The fourth-order valence-electron chi connectivity index (χ4n) is 9.35. The summed E-state index contributed by atoms with van der Waals surface area (Å²) < 4.78 is 82.2. The normalized spacial score (nSPS) is 30.2. The molecule has 4 aliphatic rings. The summed E-state index contributed by atoms with van der Waals surface area (Å²) in [4.78, 5) is 72.7. The van der Waals surface area contributed by atoms with Crippen LogP contribution < -0.4 is 10.6 Å². The molecule has 2 aliphatic carbocycles. The Labute approximate surface area is 431 Å². The van der Waals surface area contributed by atoms with Crippen LogP contribution in [0.2, 0.25) is 0 Å². The summed E-state index contributed by atoms with van der Waals surface area (Å²) in [6.45, 7) is 17.2. The van der Waals surface area contributed by atoms with Gasteiger partial charge in [-0.25, -0.2) is 19.6 Å². The summed E-state index contributed by atoms with van der Waals surface area (Å²) >= 11 is 0. The minimum Gasteiger partial charge on any atom is -0.479 e. The number of hydrogen-bond donors (Lipinski definition) is 6. The molecule has 4 aromatic heterocycles. The highest BCUT2D eigenvalue weighted by Crippen LogP contribution is 2.47. The zero-order valence-corrected chi connectivity index (χ0v) is 42.0. The number of carboxylic acids is 2. The Morgan fingerprint density at radius 3 is 1.54 bits per heavy atom. The van der Waals surface area contributed by atoms with E-state index in [1.54, 1.807) is 79.7 Å². The van der Waals surface area contributed by atoms with Gasteiger partial charge in [0, 0.05) is 31.4 Å². The average molecular weight is 991 g/mol. The van der Waals surface area contributed by atoms with Gasteiger partial charge in [-0.15, -0.1) is 0 Å². The number of H-pyrrole nitrogens is 2. The molecule has 2 saturated heterocycles. The van der Waals surface area contributed by atoms with Crippen molar-refractivity contribution in [2.24, 2.45) is 10.8 Å². The van der Waals surface area contributed by atoms with Crippen LogP contribution in [0.15, 0.2) is 48.8 Å². The molecule has 2 fully saturated rings. The lowest BCUT2D eigenvalue weighted by Gasteiger charge is -2.44. The predicted molar refractivity (Wildman–Crippen MR) is 269 cm³/mol. The topological polar surface area (TPSA) is 282 Å². The number of aromatic nitrogens is 6. The fraction of sp³-hybridized carbons (Fsp3) is 0.519. The first-order valence-corrected chi connectivity index (χ1v) is 23.5. The highest BCUT2D eigenvalue weighted by molar-refractivity contribution is 6.04. The van der Waals surface area contributed by atoms with E-state index in [4.69, 9.17) is 40.9 Å². The quantitative estimate of drug-likeness (QED) is 0.0862. The second kappa shape index (κ2) is 19.9. The fourth-order valence-corrected chi connectivity index (χ4v) is 9.35. The SMILES string of the molecule is [2H]C1=C(c2nc(C3CC(C)(C)OC(C)(C(=O)O)C3)ccc2NC(=O)c2ncc(C#N)[nH]2)C([2H])([2H])C([2H])C(C)(C)C1.[2H]C1=C(c2nc(C3CC(C)(C)OC(C)(C(=O)O)C3)ccc2NC(=O)c2ncc(C#N)[nH]2)C([2H])([2H])CC(C)(C)C1[2H]. The lowest BCUT2D eigenvalue weighted by Crippen LogP contribution is -2.51. The van der Waals surface area contributed by atoms with Crippen molar-refractivity contribution in [1.29, 1.82) is 10.5 Å². The number of hydrogen-bond acceptors (Lipinski definition) is 12. The third-order valence-electron chi connectivity index (χ3n) is 12.8. The number of amides is 2. The predicted octanol–water partition coefficient (Wildman–Crippen LogP) is 10.1. The molecule has 2 aliphatic heterocycles. The van der Waals surface area contributed by atoms with Crippen molar-refractivity contribution >= 4 is 46.3 Å². The molecule has 0 aromatic carbocycles. The van der Waals surface area contributed by atoms with Crippen LogP contribution in [0.25, 0.3) is 11.1 Å². The Balaban J connectivity index is 0.000000231. The molecule has 72 heavy (non-hydrogen) atoms. The van der Waals surface area contributed by atoms with Gasteiger partial charge < -0.3 is 40.3 Å². The summed E-state index contributed by atoms with van der Waals surface area (Å²) in [7, 11) is 0. The van der Waals surface area contributed by atoms with Gasteiger partial charge in [0.1, 0.15) is 23.5 Å². The van der Waals surface area contributed by atoms with E-state index in [1.165, 1.54) is 26.2 Å². The minimum absolute atomic E-state index is 0.00184. The maximum atomic E-state index is 13.0.